The Morgan fingerprint density at radius 2 is 0.849 bits per heavy atom. The topological polar surface area (TPSA) is 383 Å². The molecule has 3 aromatic heterocycles. The first kappa shape index (κ1) is 95.3. The normalized spacial score (nSPS) is 11.1. The monoisotopic (exact) mass is 1720 g/mol. The van der Waals surface area contributed by atoms with E-state index in [2.05, 4.69) is 70.4 Å². The lowest BCUT2D eigenvalue weighted by Crippen LogP contribution is -2.27. The number of alkyl halides is 1. The van der Waals surface area contributed by atoms with Crippen molar-refractivity contribution in [2.75, 3.05) is 108 Å². The number of carbonyl (C=O) groups excluding carboxylic acids is 3. The molecule has 12 aromatic carbocycles. The molecule has 0 saturated heterocycles. The van der Waals surface area contributed by atoms with Gasteiger partial charge in [-0.2, -0.15) is 0 Å². The van der Waals surface area contributed by atoms with Gasteiger partial charge in [0, 0.05) is 80.7 Å². The molecule has 0 saturated carbocycles. The van der Waals surface area contributed by atoms with Crippen LogP contribution >= 0.6 is 0 Å². The molecular weight excluding hydrogens is 1600 g/mol. The molecule has 0 atom stereocenters. The van der Waals surface area contributed by atoms with Gasteiger partial charge in [0.2, 0.25) is 11.7 Å². The fourth-order valence-corrected chi connectivity index (χ4v) is 13.1. The van der Waals surface area contributed by atoms with E-state index in [4.69, 9.17) is 48.4 Å². The molecule has 0 bridgehead atoms. The number of H-pyrrole nitrogens is 3. The molecule has 1 aliphatic carbocycles. The number of benzene rings is 12. The van der Waals surface area contributed by atoms with Crippen molar-refractivity contribution in [3.8, 4) is 34.3 Å². The van der Waals surface area contributed by atoms with E-state index >= 15 is 0 Å². The Hall–Kier alpha value is -14.5. The van der Waals surface area contributed by atoms with Crippen LogP contribution in [0.15, 0.2) is 237 Å². The van der Waals surface area contributed by atoms with Crippen molar-refractivity contribution in [2.24, 2.45) is 0 Å². The van der Waals surface area contributed by atoms with Crippen molar-refractivity contribution in [1.82, 2.24) is 54.4 Å². The SMILES string of the molecule is CC.CC(=O)O.CN(C)CC(=O)Nc1c(N)cc(OCc2ccccc2)c2ccccc12.CN(C)CC(=O)O.CN(C)Cc1nc2c([nH]1)C(=O)C(=O)c1ccccc1-2.CN(C)Cc1nc2c(cc(O)c3ccccc32)[nH]1.CN(C)Cc1nc2c(cc(OCc3ccccc3)c3ccccc32)[nH]1.Nc1c([N+](=O)[O-])cc(OCc2ccccc2)c2ccccc12.[2H]C.[2H]CF. The Morgan fingerprint density at radius 1 is 0.492 bits per heavy atom. The Morgan fingerprint density at radius 3 is 1.28 bits per heavy atom. The van der Waals surface area contributed by atoms with Crippen LogP contribution in [0, 0.1) is 10.1 Å². The van der Waals surface area contributed by atoms with E-state index in [1.165, 1.54) is 13.5 Å². The zero-order valence-corrected chi connectivity index (χ0v) is 73.4. The van der Waals surface area contributed by atoms with Gasteiger partial charge in [-0.15, -0.1) is 0 Å². The van der Waals surface area contributed by atoms with Gasteiger partial charge in [-0.3, -0.25) is 43.4 Å². The molecule has 29 heteroatoms. The number of nitro groups is 1. The first-order chi connectivity index (χ1) is 61.4. The molecule has 0 spiro atoms. The number of Topliss-reactive ketones (excluding diaryl/α,β-unsaturated/α-hetero) is 2. The molecule has 0 radical (unpaired) electrons. The summed E-state index contributed by atoms with van der Waals surface area (Å²) < 4.78 is 39.2. The fourth-order valence-electron chi connectivity index (χ4n) is 13.1. The third-order valence-corrected chi connectivity index (χ3v) is 18.2. The number of aliphatic carboxylic acids is 2. The number of aromatic nitrogens is 6. The van der Waals surface area contributed by atoms with Gasteiger partial charge in [-0.1, -0.05) is 234 Å². The van der Waals surface area contributed by atoms with Gasteiger partial charge in [0.1, 0.15) is 77.4 Å². The summed E-state index contributed by atoms with van der Waals surface area (Å²) in [5.74, 6) is 2.19. The lowest BCUT2D eigenvalue weighted by molar-refractivity contribution is -0.383. The van der Waals surface area contributed by atoms with E-state index in [1.54, 1.807) is 55.4 Å². The molecule has 28 nitrogen and oxygen atoms in total. The number of carbonyl (C=O) groups is 5. The van der Waals surface area contributed by atoms with Crippen molar-refractivity contribution >= 4 is 117 Å². The lowest BCUT2D eigenvalue weighted by Gasteiger charge is -2.17. The van der Waals surface area contributed by atoms with Gasteiger partial charge in [-0.25, -0.2) is 15.0 Å². The third-order valence-electron chi connectivity index (χ3n) is 18.2. The van der Waals surface area contributed by atoms with E-state index in [9.17, 15) is 38.8 Å². The zero-order chi connectivity index (χ0) is 93.7. The maximum Gasteiger partial charge on any atom is 0.317 e. The number of likely N-dealkylation sites (N-methyl/N-ethyl adjacent to an activating group) is 2. The van der Waals surface area contributed by atoms with E-state index in [0.717, 1.165) is 119 Å². The highest BCUT2D eigenvalue weighted by Gasteiger charge is 2.33. The summed E-state index contributed by atoms with van der Waals surface area (Å²) in [6.07, 6.45) is 0. The van der Waals surface area contributed by atoms with Crippen LogP contribution in [0.3, 0.4) is 0 Å². The van der Waals surface area contributed by atoms with Crippen LogP contribution in [0.1, 0.15) is 85.9 Å². The predicted octanol–water partition coefficient (Wildman–Crippen LogP) is 17.7. The van der Waals surface area contributed by atoms with Crippen molar-refractivity contribution < 1.29 is 65.6 Å². The van der Waals surface area contributed by atoms with Crippen LogP contribution in [0.4, 0.5) is 27.1 Å². The molecule has 11 N–H and O–H groups in total. The van der Waals surface area contributed by atoms with Gasteiger partial charge >= 0.3 is 5.97 Å². The number of fused-ring (bicyclic) bond motifs is 11. The van der Waals surface area contributed by atoms with Crippen molar-refractivity contribution in [2.45, 2.75) is 67.6 Å². The quantitative estimate of drug-likeness (QED) is 0.0140. The number of ether oxygens (including phenoxy) is 3. The summed E-state index contributed by atoms with van der Waals surface area (Å²) in [5, 5.41) is 46.7. The highest BCUT2D eigenvalue weighted by molar-refractivity contribution is 6.52. The number of phenolic OH excluding ortho intramolecular Hbond substituents is 1. The molecule has 15 aromatic rings. The largest absolute Gasteiger partial charge is 0.507 e. The standard InChI is InChI=1S/C21H23N3O2.C21H21N3O.C17H14N2O3.C14H13N3O2.C14H15N3O.C4H9NO2.C2H4O2.C2H6.CH3F.CH4/c1-24(2)13-20(25)23-21-17-11-7-6-10-16(17)19(12-18(21)22)26-14-15-8-4-3-5-9-15;1-24(2)13-20-22-18-12-19(25-14-15-8-4-3-5-9-15)16-10-6-7-11-17(16)21(18)23-20;18-17-14-9-5-4-8-13(14)16(10-15(17)19(20)21)22-11-12-6-2-1-3-7-12;1-17(2)7-10-15-11-8-5-3-4-6-9(8)13(18)14(19)12(11)16-10;1-17(2)8-13-15-11-7-12(18)9-5-3-4-6-10(9)14(11)16-13;1-5(2)3-4(6)7;1-2(3)4;2*1-2;/h3-12H,13-14,22H2,1-2H3,(H,23,25);3-12H,13-14H2,1-2H3,(H,22,23);1-10H,11,18H2;3-6H,7H2,1-2H3,(H,15,16);3-7,18H,8H2,1-2H3,(H,15,16);3H2,1-2H3,(H,6,7);1H3,(H,3,4);1-2H3;1H3;1H4/i;;;;;;;;2*1D. The first-order valence-electron chi connectivity index (χ1n) is 41.5. The highest BCUT2D eigenvalue weighted by atomic mass is 19.1. The summed E-state index contributed by atoms with van der Waals surface area (Å²) in [6, 6.07) is 74.9. The number of phenols is 1. The molecule has 126 heavy (non-hydrogen) atoms. The van der Waals surface area contributed by atoms with E-state index in [-0.39, 0.29) is 29.6 Å². The van der Waals surface area contributed by atoms with Crippen LogP contribution in [0.5, 0.6) is 23.0 Å². The number of carboxylic acid groups (broad SMARTS) is 2. The van der Waals surface area contributed by atoms with E-state index < -0.39 is 35.6 Å². The molecule has 1 amide bonds. The number of imidazole rings is 3. The number of nitrogen functional groups attached to an aromatic ring is 2. The Labute approximate surface area is 735 Å². The molecule has 0 unspecified atom stereocenters. The summed E-state index contributed by atoms with van der Waals surface area (Å²) in [7, 11) is 19.3. The number of carboxylic acids is 2. The number of hydrogen-bond donors (Lipinski definition) is 9. The third kappa shape index (κ3) is 27.8. The number of nitrogens with zero attached hydrogens (tertiary/aromatic N) is 9. The smallest absolute Gasteiger partial charge is 0.317 e. The number of aromatic hydroxyl groups is 1. The summed E-state index contributed by atoms with van der Waals surface area (Å²) >= 11 is 0. The Bertz CT molecular complexity index is 6150. The maximum absolute atomic E-state index is 12.2. The van der Waals surface area contributed by atoms with Crippen molar-refractivity contribution in [3.05, 3.63) is 292 Å². The van der Waals surface area contributed by atoms with Crippen LogP contribution in [-0.4, -0.2) is 195 Å². The molecule has 0 fully saturated rings. The van der Waals surface area contributed by atoms with Crippen LogP contribution < -0.4 is 31.0 Å². The van der Waals surface area contributed by atoms with E-state index in [0.29, 0.717) is 83.9 Å². The number of nitrogens with two attached hydrogens (primary N) is 2. The molecule has 3 heterocycles. The zero-order valence-electron chi connectivity index (χ0n) is 75.4. The van der Waals surface area contributed by atoms with Crippen LogP contribution in [0.2, 0.25) is 0 Å². The minimum absolute atomic E-state index is 0.107. The van der Waals surface area contributed by atoms with E-state index in [1.807, 2.05) is 244 Å². The molecule has 1 aliphatic rings. The van der Waals surface area contributed by atoms with Gasteiger partial charge in [0.15, 0.2) is 0 Å². The highest BCUT2D eigenvalue weighted by Crippen LogP contribution is 2.41. The number of rotatable bonds is 21. The molecular formula is C97H112FN15O13. The number of amides is 1. The number of anilines is 3. The van der Waals surface area contributed by atoms with Gasteiger partial charge in [-0.05, 0) is 87.2 Å². The van der Waals surface area contributed by atoms with Gasteiger partial charge in [0.05, 0.1) is 85.7 Å². The summed E-state index contributed by atoms with van der Waals surface area (Å²) in [4.78, 5) is 98.7. The van der Waals surface area contributed by atoms with Crippen LogP contribution in [-0.2, 0) is 53.8 Å². The second-order valence-corrected chi connectivity index (χ2v) is 29.6. The second kappa shape index (κ2) is 48.4. The number of nitrogens with one attached hydrogen (secondary N) is 4. The van der Waals surface area contributed by atoms with Crippen LogP contribution in [0.25, 0.3) is 76.4 Å². The molecule has 660 valence electrons. The van der Waals surface area contributed by atoms with Gasteiger partial charge < -0.3 is 80.9 Å². The fraction of sp³-hybridized carbons (Fsp3) is 0.237. The molecule has 16 rings (SSSR count). The number of halogens is 1. The minimum Gasteiger partial charge on any atom is -0.507 e. The maximum atomic E-state index is 12.2. The Kier molecular flexibility index (Phi) is 36.6. The number of hydrogen-bond acceptors (Lipinski definition) is 21. The lowest BCUT2D eigenvalue weighted by atomic mass is 9.90. The van der Waals surface area contributed by atoms with Gasteiger partial charge in [0.25, 0.3) is 17.4 Å². The second-order valence-electron chi connectivity index (χ2n) is 29.6. The minimum atomic E-state index is -1.00. The number of ketones is 2. The molecule has 0 aliphatic heterocycles. The average molecular weight is 1720 g/mol. The summed E-state index contributed by atoms with van der Waals surface area (Å²) in [6.45, 7) is 8.96. The van der Waals surface area contributed by atoms with Crippen molar-refractivity contribution in [3.63, 3.8) is 0 Å². The number of aromatic amines is 3. The van der Waals surface area contributed by atoms with Crippen molar-refractivity contribution in [1.29, 1.82) is 0 Å². The summed E-state index contributed by atoms with van der Waals surface area (Å²) in [5.41, 5.74) is 22.3. The Balaban J connectivity index is 0.000000210. The number of nitro benzene ring substituents is 1. The first-order valence-corrected chi connectivity index (χ1v) is 39.8. The predicted molar refractivity (Wildman–Crippen MR) is 501 cm³/mol. The average Bonchev–Trinajstić information content (AvgIpc) is 1.57.